The Morgan fingerprint density at radius 1 is 1.30 bits per heavy atom. The van der Waals surface area contributed by atoms with Crippen molar-refractivity contribution in [2.45, 2.75) is 0 Å². The van der Waals surface area contributed by atoms with Gasteiger partial charge in [0.2, 0.25) is 0 Å². The molecule has 1 radical (unpaired) electrons. The molecule has 0 aromatic heterocycles. The van der Waals surface area contributed by atoms with Crippen molar-refractivity contribution in [3.8, 4) is 5.92 Å². The van der Waals surface area contributed by atoms with Gasteiger partial charge in [-0.15, -0.1) is 0 Å². The lowest BCUT2D eigenvalue weighted by atomic mass is 10.2. The van der Waals surface area contributed by atoms with Crippen LogP contribution in [0.1, 0.15) is 5.56 Å². The van der Waals surface area contributed by atoms with Crippen molar-refractivity contribution in [3.05, 3.63) is 37.3 Å². The molecule has 0 bridgehead atoms. The molecule has 0 heterocycles. The molecule has 0 amide bonds. The second-order valence-electron chi connectivity index (χ2n) is 1.73. The van der Waals surface area contributed by atoms with Crippen molar-refractivity contribution < 1.29 is 0 Å². The van der Waals surface area contributed by atoms with Gasteiger partial charge in [-0.1, -0.05) is 12.0 Å². The summed E-state index contributed by atoms with van der Waals surface area (Å²) in [6.07, 6.45) is 6.92. The Bertz CT molecular complexity index is 284. The van der Waals surface area contributed by atoms with E-state index in [2.05, 4.69) is 51.1 Å². The van der Waals surface area contributed by atoms with Gasteiger partial charge in [-0.25, -0.2) is 0 Å². The normalized spacial score (nSPS) is 8.90. The third-order valence-corrected chi connectivity index (χ3v) is 4.18. The lowest BCUT2D eigenvalue weighted by Gasteiger charge is -1.96. The van der Waals surface area contributed by atoms with Gasteiger partial charge < -0.3 is 0 Å². The molecule has 0 saturated heterocycles. The molecule has 1 rings (SSSR count). The topological polar surface area (TPSA) is 0 Å². The van der Waals surface area contributed by atoms with E-state index >= 15 is 0 Å². The van der Waals surface area contributed by atoms with Crippen LogP contribution in [0.4, 0.5) is 0 Å². The fourth-order valence-electron chi connectivity index (χ4n) is 0.600. The van der Waals surface area contributed by atoms with Crippen molar-refractivity contribution in [3.63, 3.8) is 0 Å². The van der Waals surface area contributed by atoms with Crippen molar-refractivity contribution in [1.82, 2.24) is 0 Å². The van der Waals surface area contributed by atoms with Gasteiger partial charge in [0.1, 0.15) is 0 Å². The number of rotatable bonds is 0. The lowest BCUT2D eigenvalue weighted by molar-refractivity contribution is 1.53. The Morgan fingerprint density at radius 2 is 2.00 bits per heavy atom. The minimum absolute atomic E-state index is 0.868. The second-order valence-corrected chi connectivity index (χ2v) is 3.97. The van der Waals surface area contributed by atoms with E-state index in [9.17, 15) is 0 Å². The van der Waals surface area contributed by atoms with Crippen LogP contribution in [0.2, 0.25) is 0 Å². The van der Waals surface area contributed by atoms with E-state index < -0.39 is 0 Å². The molecule has 2 heteroatoms. The van der Waals surface area contributed by atoms with Gasteiger partial charge in [-0.3, -0.25) is 0 Å². The molecule has 0 N–H and O–H groups in total. The Morgan fingerprint density at radius 3 is 2.50 bits per heavy atom. The Hall–Kier alpha value is 0.240. The largest absolute Gasteiger partial charge is 0.0599 e. The van der Waals surface area contributed by atoms with Crippen molar-refractivity contribution in [1.29, 1.82) is 0 Å². The monoisotopic (exact) mass is 353 g/mol. The first-order valence-corrected chi connectivity index (χ1v) is 4.78. The van der Waals surface area contributed by atoms with Gasteiger partial charge >= 0.3 is 0 Å². The van der Waals surface area contributed by atoms with Gasteiger partial charge in [0.25, 0.3) is 0 Å². The van der Waals surface area contributed by atoms with Crippen LogP contribution in [0.3, 0.4) is 0 Å². The van der Waals surface area contributed by atoms with Gasteiger partial charge in [-0.2, -0.15) is 0 Å². The van der Waals surface area contributed by atoms with E-state index in [0.29, 0.717) is 0 Å². The van der Waals surface area contributed by atoms with Crippen LogP contribution in [0.15, 0.2) is 18.2 Å². The smallest absolute Gasteiger partial charge is 0.0420 e. The first-order chi connectivity index (χ1) is 4.75. The molecule has 0 fully saturated rings. The van der Waals surface area contributed by atoms with E-state index in [0.717, 1.165) is 9.13 Å². The fraction of sp³-hybridized carbons (Fsp3) is 0. The van der Waals surface area contributed by atoms with Crippen LogP contribution < -0.4 is 0 Å². The molecular weight excluding hydrogens is 350 g/mol. The average Bonchev–Trinajstić information content (AvgIpc) is 1.95. The third kappa shape index (κ3) is 1.64. The van der Waals surface area contributed by atoms with E-state index in [1.807, 2.05) is 18.2 Å². The van der Waals surface area contributed by atoms with Gasteiger partial charge in [-0.05, 0) is 63.7 Å². The van der Waals surface area contributed by atoms with E-state index in [1.165, 1.54) is 3.57 Å². The van der Waals surface area contributed by atoms with Gasteiger partial charge in [0, 0.05) is 12.7 Å². The minimum atomic E-state index is 0.868. The quantitative estimate of drug-likeness (QED) is 0.497. The molecule has 0 spiro atoms. The summed E-state index contributed by atoms with van der Waals surface area (Å²) in [5.74, 6) is 2.37. The summed E-state index contributed by atoms with van der Waals surface area (Å²) in [5.41, 5.74) is 0.868. The zero-order valence-corrected chi connectivity index (χ0v) is 9.30. The Labute approximate surface area is 87.7 Å². The number of hydrogen-bond donors (Lipinski definition) is 0. The lowest BCUT2D eigenvalue weighted by Crippen LogP contribution is -1.83. The maximum Gasteiger partial charge on any atom is 0.0420 e. The zero-order valence-electron chi connectivity index (χ0n) is 4.99. The van der Waals surface area contributed by atoms with E-state index in [4.69, 9.17) is 6.42 Å². The highest BCUT2D eigenvalue weighted by atomic mass is 127. The van der Waals surface area contributed by atoms with Crippen molar-refractivity contribution in [2.75, 3.05) is 0 Å². The predicted octanol–water partition coefficient (Wildman–Crippen LogP) is 2.83. The summed E-state index contributed by atoms with van der Waals surface area (Å²) in [7, 11) is 0. The van der Waals surface area contributed by atoms with Crippen molar-refractivity contribution in [2.24, 2.45) is 0 Å². The minimum Gasteiger partial charge on any atom is -0.0599 e. The summed E-state index contributed by atoms with van der Waals surface area (Å²) < 4.78 is 2.28. The molecule has 0 saturated carbocycles. The molecule has 49 valence electrons. The number of hydrogen-bond acceptors (Lipinski definition) is 0. The number of benzene rings is 1. The molecule has 0 aliphatic carbocycles. The third-order valence-electron chi connectivity index (χ3n) is 1.09. The van der Waals surface area contributed by atoms with Crippen LogP contribution >= 0.6 is 45.2 Å². The zero-order chi connectivity index (χ0) is 7.56. The van der Waals surface area contributed by atoms with E-state index in [-0.39, 0.29) is 0 Å². The van der Waals surface area contributed by atoms with Gasteiger partial charge in [0.05, 0.1) is 0 Å². The molecular formula is C8H3I2. The van der Waals surface area contributed by atoms with Crippen LogP contribution in [-0.2, 0) is 0 Å². The van der Waals surface area contributed by atoms with Crippen molar-refractivity contribution >= 4 is 45.2 Å². The van der Waals surface area contributed by atoms with Gasteiger partial charge in [0.15, 0.2) is 0 Å². The molecule has 0 aliphatic rings. The maximum atomic E-state index is 6.92. The standard InChI is InChI=1S/C8H3I2/c1-2-6-4-3-5-7(9)8(6)10/h3-5H. The highest BCUT2D eigenvalue weighted by molar-refractivity contribution is 14.1. The maximum absolute atomic E-state index is 6.92. The van der Waals surface area contributed by atoms with Crippen LogP contribution in [0, 0.1) is 19.5 Å². The second kappa shape index (κ2) is 3.58. The van der Waals surface area contributed by atoms with E-state index in [1.54, 1.807) is 0 Å². The number of halogens is 2. The first-order valence-electron chi connectivity index (χ1n) is 2.62. The summed E-state index contributed by atoms with van der Waals surface area (Å²) >= 11 is 4.46. The molecule has 1 aromatic carbocycles. The average molecular weight is 353 g/mol. The summed E-state index contributed by atoms with van der Waals surface area (Å²) in [6, 6.07) is 5.83. The molecule has 0 nitrogen and oxygen atoms in total. The fourth-order valence-corrected chi connectivity index (χ4v) is 1.59. The highest BCUT2D eigenvalue weighted by Gasteiger charge is 1.98. The molecule has 0 atom stereocenters. The summed E-state index contributed by atoms with van der Waals surface area (Å²) in [5, 5.41) is 0. The van der Waals surface area contributed by atoms with Crippen LogP contribution in [0.5, 0.6) is 0 Å². The first kappa shape index (κ1) is 8.34. The molecule has 0 aliphatic heterocycles. The summed E-state index contributed by atoms with van der Waals surface area (Å²) in [6.45, 7) is 0. The Kier molecular flexibility index (Phi) is 2.98. The van der Waals surface area contributed by atoms with Crippen LogP contribution in [0.25, 0.3) is 0 Å². The SMILES string of the molecule is [C]#Cc1cccc(I)c1I. The molecule has 1 aromatic rings. The molecule has 10 heavy (non-hydrogen) atoms. The van der Waals surface area contributed by atoms with Crippen LogP contribution in [-0.4, -0.2) is 0 Å². The highest BCUT2D eigenvalue weighted by Crippen LogP contribution is 2.17. The molecule has 0 unspecified atom stereocenters. The predicted molar refractivity (Wildman–Crippen MR) is 58.1 cm³/mol. The summed E-state index contributed by atoms with van der Waals surface area (Å²) in [4.78, 5) is 0. The Balaban J connectivity index is 3.31.